The first-order valence-electron chi connectivity index (χ1n) is 6.78. The van der Waals surface area contributed by atoms with E-state index >= 15 is 0 Å². The van der Waals surface area contributed by atoms with Gasteiger partial charge in [0.25, 0.3) is 0 Å². The van der Waals surface area contributed by atoms with Gasteiger partial charge in [-0.3, -0.25) is 4.79 Å². The largest absolute Gasteiger partial charge is 0.485 e. The first kappa shape index (κ1) is 14.3. The molecule has 0 atom stereocenters. The summed E-state index contributed by atoms with van der Waals surface area (Å²) in [6.45, 7) is 8.00. The molecular formula is C18H20O2. The molecule has 0 saturated carbocycles. The highest BCUT2D eigenvalue weighted by Crippen LogP contribution is 2.22. The van der Waals surface area contributed by atoms with Gasteiger partial charge in [0.2, 0.25) is 0 Å². The molecule has 0 aliphatic heterocycles. The molecule has 0 saturated heterocycles. The molecule has 0 N–H and O–H groups in total. The highest BCUT2D eigenvalue weighted by atomic mass is 16.5. The van der Waals surface area contributed by atoms with Gasteiger partial charge in [0.1, 0.15) is 5.75 Å². The minimum absolute atomic E-state index is 0.0221. The van der Waals surface area contributed by atoms with Gasteiger partial charge in [-0.1, -0.05) is 35.9 Å². The summed E-state index contributed by atoms with van der Waals surface area (Å²) in [7, 11) is 0. The van der Waals surface area contributed by atoms with Crippen LogP contribution in [0.3, 0.4) is 0 Å². The molecule has 0 fully saturated rings. The molecule has 0 spiro atoms. The van der Waals surface area contributed by atoms with Crippen molar-refractivity contribution < 1.29 is 9.53 Å². The molecule has 0 amide bonds. The van der Waals surface area contributed by atoms with Gasteiger partial charge in [0.05, 0.1) is 0 Å². The summed E-state index contributed by atoms with van der Waals surface area (Å²) in [5, 5.41) is 0. The van der Waals surface area contributed by atoms with Gasteiger partial charge in [-0.2, -0.15) is 0 Å². The smallest absolute Gasteiger partial charge is 0.200 e. The molecule has 0 aliphatic carbocycles. The fourth-order valence-corrected chi connectivity index (χ4v) is 2.28. The van der Waals surface area contributed by atoms with E-state index in [2.05, 4.69) is 0 Å². The number of Topliss-reactive ketones (excluding diaryl/α,β-unsaturated/α-hetero) is 1. The number of benzene rings is 2. The molecule has 0 radical (unpaired) electrons. The maximum Gasteiger partial charge on any atom is 0.200 e. The van der Waals surface area contributed by atoms with Crippen molar-refractivity contribution in [2.24, 2.45) is 0 Å². The number of aryl methyl sites for hydroxylation is 4. The molecule has 2 aromatic carbocycles. The van der Waals surface area contributed by atoms with Crippen LogP contribution in [-0.2, 0) is 0 Å². The second-order valence-electron chi connectivity index (χ2n) is 5.25. The van der Waals surface area contributed by atoms with E-state index in [0.29, 0.717) is 0 Å². The number of para-hydroxylation sites is 1. The number of carbonyl (C=O) groups is 1. The maximum atomic E-state index is 12.3. The molecule has 20 heavy (non-hydrogen) atoms. The Labute approximate surface area is 120 Å². The Hall–Kier alpha value is -2.09. The molecular weight excluding hydrogens is 248 g/mol. The van der Waals surface area contributed by atoms with Gasteiger partial charge < -0.3 is 4.74 Å². The van der Waals surface area contributed by atoms with Crippen LogP contribution < -0.4 is 4.74 Å². The Balaban J connectivity index is 2.15. The van der Waals surface area contributed by atoms with Crippen LogP contribution in [0.25, 0.3) is 0 Å². The summed E-state index contributed by atoms with van der Waals surface area (Å²) in [4.78, 5) is 12.3. The van der Waals surface area contributed by atoms with E-state index in [-0.39, 0.29) is 12.4 Å². The molecule has 2 nitrogen and oxygen atoms in total. The van der Waals surface area contributed by atoms with Crippen molar-refractivity contribution in [3.05, 3.63) is 64.2 Å². The Kier molecular flexibility index (Phi) is 4.23. The van der Waals surface area contributed by atoms with Gasteiger partial charge in [-0.05, 0) is 50.5 Å². The summed E-state index contributed by atoms with van der Waals surface area (Å²) >= 11 is 0. The normalized spacial score (nSPS) is 10.4. The van der Waals surface area contributed by atoms with Crippen LogP contribution in [0.2, 0.25) is 0 Å². The summed E-state index contributed by atoms with van der Waals surface area (Å²) in [5.41, 5.74) is 4.94. The lowest BCUT2D eigenvalue weighted by molar-refractivity contribution is 0.0920. The van der Waals surface area contributed by atoms with Gasteiger partial charge >= 0.3 is 0 Å². The molecule has 104 valence electrons. The van der Waals surface area contributed by atoms with E-state index in [4.69, 9.17) is 4.74 Å². The van der Waals surface area contributed by atoms with E-state index in [0.717, 1.165) is 33.6 Å². The van der Waals surface area contributed by atoms with Gasteiger partial charge in [0.15, 0.2) is 12.4 Å². The predicted molar refractivity (Wildman–Crippen MR) is 81.7 cm³/mol. The number of hydrogen-bond donors (Lipinski definition) is 0. The van der Waals surface area contributed by atoms with Crippen molar-refractivity contribution in [3.8, 4) is 5.75 Å². The number of rotatable bonds is 4. The number of ketones is 1. The Morgan fingerprint density at radius 3 is 2.25 bits per heavy atom. The summed E-state index contributed by atoms with van der Waals surface area (Å²) in [6.07, 6.45) is 0. The second-order valence-corrected chi connectivity index (χ2v) is 5.25. The zero-order valence-electron chi connectivity index (χ0n) is 12.5. The van der Waals surface area contributed by atoms with E-state index in [1.807, 2.05) is 64.1 Å². The predicted octanol–water partition coefficient (Wildman–Crippen LogP) is 4.18. The van der Waals surface area contributed by atoms with Gasteiger partial charge in [-0.25, -0.2) is 0 Å². The SMILES string of the molecule is Cc1ccc(C)c(C(=O)COc2c(C)cccc2C)c1. The quantitative estimate of drug-likeness (QED) is 0.777. The Morgan fingerprint density at radius 2 is 1.60 bits per heavy atom. The fraction of sp³-hybridized carbons (Fsp3) is 0.278. The van der Waals surface area contributed by atoms with Gasteiger partial charge in [-0.15, -0.1) is 0 Å². The van der Waals surface area contributed by atoms with Crippen LogP contribution in [0.4, 0.5) is 0 Å². The third kappa shape index (κ3) is 3.08. The lowest BCUT2D eigenvalue weighted by Crippen LogP contribution is -2.14. The van der Waals surface area contributed by atoms with Crippen LogP contribution in [0, 0.1) is 27.7 Å². The zero-order chi connectivity index (χ0) is 14.7. The van der Waals surface area contributed by atoms with Crippen LogP contribution in [0.1, 0.15) is 32.6 Å². The second kappa shape index (κ2) is 5.91. The van der Waals surface area contributed by atoms with Crippen molar-refractivity contribution in [2.45, 2.75) is 27.7 Å². The molecule has 2 heteroatoms. The monoisotopic (exact) mass is 268 g/mol. The molecule has 2 aromatic rings. The maximum absolute atomic E-state index is 12.3. The third-order valence-electron chi connectivity index (χ3n) is 3.45. The molecule has 0 bridgehead atoms. The van der Waals surface area contributed by atoms with E-state index in [9.17, 15) is 4.79 Å². The lowest BCUT2D eigenvalue weighted by Gasteiger charge is -2.12. The standard InChI is InChI=1S/C18H20O2/c1-12-8-9-13(2)16(10-12)17(19)11-20-18-14(3)6-5-7-15(18)4/h5-10H,11H2,1-4H3. The van der Waals surface area contributed by atoms with Crippen molar-refractivity contribution in [2.75, 3.05) is 6.61 Å². The summed E-state index contributed by atoms with van der Waals surface area (Å²) in [5.74, 6) is 0.833. The molecule has 0 unspecified atom stereocenters. The number of hydrogen-bond acceptors (Lipinski definition) is 2. The third-order valence-corrected chi connectivity index (χ3v) is 3.45. The molecule has 0 aliphatic rings. The first-order chi connectivity index (χ1) is 9.49. The molecule has 0 heterocycles. The lowest BCUT2D eigenvalue weighted by atomic mass is 10.0. The highest BCUT2D eigenvalue weighted by Gasteiger charge is 2.12. The zero-order valence-corrected chi connectivity index (χ0v) is 12.5. The van der Waals surface area contributed by atoms with Crippen LogP contribution >= 0.6 is 0 Å². The van der Waals surface area contributed by atoms with Crippen LogP contribution in [0.5, 0.6) is 5.75 Å². The van der Waals surface area contributed by atoms with Crippen molar-refractivity contribution in [1.82, 2.24) is 0 Å². The van der Waals surface area contributed by atoms with Crippen LogP contribution in [-0.4, -0.2) is 12.4 Å². The Morgan fingerprint density at radius 1 is 0.950 bits per heavy atom. The van der Waals surface area contributed by atoms with Crippen molar-refractivity contribution >= 4 is 5.78 Å². The number of ether oxygens (including phenoxy) is 1. The van der Waals surface area contributed by atoms with Crippen molar-refractivity contribution in [1.29, 1.82) is 0 Å². The summed E-state index contributed by atoms with van der Waals surface area (Å²) < 4.78 is 5.73. The minimum atomic E-state index is 0.0221. The van der Waals surface area contributed by atoms with E-state index in [1.165, 1.54) is 0 Å². The summed E-state index contributed by atoms with van der Waals surface area (Å²) in [6, 6.07) is 11.9. The molecule has 2 rings (SSSR count). The molecule has 0 aromatic heterocycles. The average Bonchev–Trinajstić information content (AvgIpc) is 2.40. The number of carbonyl (C=O) groups excluding carboxylic acids is 1. The van der Waals surface area contributed by atoms with E-state index in [1.54, 1.807) is 0 Å². The van der Waals surface area contributed by atoms with Crippen LogP contribution in [0.15, 0.2) is 36.4 Å². The highest BCUT2D eigenvalue weighted by molar-refractivity contribution is 5.98. The topological polar surface area (TPSA) is 26.3 Å². The average molecular weight is 268 g/mol. The minimum Gasteiger partial charge on any atom is -0.485 e. The Bertz CT molecular complexity index is 622. The first-order valence-corrected chi connectivity index (χ1v) is 6.78. The fourth-order valence-electron chi connectivity index (χ4n) is 2.28. The van der Waals surface area contributed by atoms with Crippen molar-refractivity contribution in [3.63, 3.8) is 0 Å². The van der Waals surface area contributed by atoms with E-state index < -0.39 is 0 Å². The van der Waals surface area contributed by atoms with Gasteiger partial charge in [0, 0.05) is 5.56 Å².